The van der Waals surface area contributed by atoms with Crippen LogP contribution in [0.1, 0.15) is 25.5 Å². The zero-order valence-electron chi connectivity index (χ0n) is 9.31. The van der Waals surface area contributed by atoms with E-state index in [9.17, 15) is 0 Å². The molecule has 2 rings (SSSR count). The Morgan fingerprint density at radius 3 is 2.75 bits per heavy atom. The molecule has 1 aromatic carbocycles. The molecule has 0 aliphatic carbocycles. The van der Waals surface area contributed by atoms with Crippen LogP contribution in [0.25, 0.3) is 5.69 Å². The monoisotopic (exact) mass is 235 g/mol. The molecule has 2 aromatic rings. The highest BCUT2D eigenvalue weighted by Crippen LogP contribution is 2.24. The van der Waals surface area contributed by atoms with Crippen LogP contribution in [0.4, 0.5) is 5.69 Å². The van der Waals surface area contributed by atoms with Crippen molar-refractivity contribution in [3.8, 4) is 5.69 Å². The van der Waals surface area contributed by atoms with Crippen LogP contribution >= 0.6 is 11.6 Å². The maximum absolute atomic E-state index is 5.89. The van der Waals surface area contributed by atoms with Gasteiger partial charge in [0.2, 0.25) is 0 Å². The van der Waals surface area contributed by atoms with Gasteiger partial charge in [0.05, 0.1) is 17.0 Å². The van der Waals surface area contributed by atoms with E-state index in [-0.39, 0.29) is 0 Å². The number of halogens is 1. The van der Waals surface area contributed by atoms with Crippen molar-refractivity contribution in [2.75, 3.05) is 5.73 Å². The fourth-order valence-electron chi connectivity index (χ4n) is 1.63. The van der Waals surface area contributed by atoms with Crippen molar-refractivity contribution in [3.63, 3.8) is 0 Å². The van der Waals surface area contributed by atoms with Crippen LogP contribution < -0.4 is 5.73 Å². The van der Waals surface area contributed by atoms with E-state index in [1.54, 1.807) is 12.4 Å². The number of nitrogens with zero attached hydrogens (tertiary/aromatic N) is 2. The number of hydrogen-bond acceptors (Lipinski definition) is 2. The number of aromatic nitrogens is 2. The summed E-state index contributed by atoms with van der Waals surface area (Å²) in [6.45, 7) is 4.26. The Kier molecular flexibility index (Phi) is 2.88. The molecule has 2 N–H and O–H groups in total. The summed E-state index contributed by atoms with van der Waals surface area (Å²) in [7, 11) is 0. The minimum Gasteiger partial charge on any atom is -0.397 e. The van der Waals surface area contributed by atoms with E-state index in [0.29, 0.717) is 16.6 Å². The molecular formula is C12H14ClN3. The third-order valence-electron chi connectivity index (χ3n) is 2.52. The van der Waals surface area contributed by atoms with Gasteiger partial charge < -0.3 is 10.3 Å². The van der Waals surface area contributed by atoms with Gasteiger partial charge in [0.15, 0.2) is 0 Å². The van der Waals surface area contributed by atoms with Gasteiger partial charge >= 0.3 is 0 Å². The van der Waals surface area contributed by atoms with Crippen LogP contribution in [0.15, 0.2) is 30.7 Å². The molecule has 0 saturated heterocycles. The molecule has 0 aliphatic rings. The van der Waals surface area contributed by atoms with Gasteiger partial charge in [-0.25, -0.2) is 4.98 Å². The second-order valence-electron chi connectivity index (χ2n) is 4.05. The van der Waals surface area contributed by atoms with Crippen LogP contribution in [0, 0.1) is 0 Å². The highest BCUT2D eigenvalue weighted by molar-refractivity contribution is 6.33. The molecule has 0 aliphatic heterocycles. The third kappa shape index (κ3) is 1.91. The second kappa shape index (κ2) is 4.18. The molecule has 16 heavy (non-hydrogen) atoms. The van der Waals surface area contributed by atoms with Crippen molar-refractivity contribution in [1.29, 1.82) is 0 Å². The molecule has 4 heteroatoms. The van der Waals surface area contributed by atoms with Crippen LogP contribution in [0.3, 0.4) is 0 Å². The van der Waals surface area contributed by atoms with Crippen LogP contribution in [-0.2, 0) is 0 Å². The lowest BCUT2D eigenvalue weighted by Crippen LogP contribution is -2.01. The number of hydrogen-bond donors (Lipinski definition) is 1. The molecule has 0 bridgehead atoms. The lowest BCUT2D eigenvalue weighted by Gasteiger charge is -2.11. The summed E-state index contributed by atoms with van der Waals surface area (Å²) < 4.78 is 2.03. The summed E-state index contributed by atoms with van der Waals surface area (Å²) >= 11 is 5.89. The smallest absolute Gasteiger partial charge is 0.0994 e. The van der Waals surface area contributed by atoms with E-state index in [0.717, 1.165) is 11.4 Å². The van der Waals surface area contributed by atoms with E-state index >= 15 is 0 Å². The Hall–Kier alpha value is -1.48. The highest BCUT2D eigenvalue weighted by Gasteiger charge is 2.08. The maximum atomic E-state index is 5.89. The Labute approximate surface area is 99.9 Å². The van der Waals surface area contributed by atoms with Crippen molar-refractivity contribution >= 4 is 17.3 Å². The minimum atomic E-state index is 0.416. The summed E-state index contributed by atoms with van der Waals surface area (Å²) in [6, 6.07) is 5.60. The standard InChI is InChI=1S/C12H14ClN3/c1-8(2)12-6-15-7-16(12)9-3-4-10(13)11(14)5-9/h3-8H,14H2,1-2H3. The fraction of sp³-hybridized carbons (Fsp3) is 0.250. The van der Waals surface area contributed by atoms with Crippen LogP contribution in [-0.4, -0.2) is 9.55 Å². The van der Waals surface area contributed by atoms with E-state index in [2.05, 4.69) is 18.8 Å². The van der Waals surface area contributed by atoms with Gasteiger partial charge in [-0.3, -0.25) is 0 Å². The summed E-state index contributed by atoms with van der Waals surface area (Å²) in [5, 5.41) is 0.579. The Morgan fingerprint density at radius 2 is 2.12 bits per heavy atom. The Bertz CT molecular complexity index is 503. The molecule has 0 radical (unpaired) electrons. The summed E-state index contributed by atoms with van der Waals surface area (Å²) in [4.78, 5) is 4.16. The molecule has 0 unspecified atom stereocenters. The molecule has 0 atom stereocenters. The predicted octanol–water partition coefficient (Wildman–Crippen LogP) is 3.23. The first-order valence-corrected chi connectivity index (χ1v) is 5.55. The molecule has 0 amide bonds. The van der Waals surface area contributed by atoms with Crippen molar-refractivity contribution in [3.05, 3.63) is 41.4 Å². The average Bonchev–Trinajstić information content (AvgIpc) is 2.71. The van der Waals surface area contributed by atoms with E-state index in [1.807, 2.05) is 22.9 Å². The number of nitrogen functional groups attached to an aromatic ring is 1. The quantitative estimate of drug-likeness (QED) is 0.813. The molecule has 84 valence electrons. The van der Waals surface area contributed by atoms with Gasteiger partial charge in [-0.05, 0) is 24.1 Å². The summed E-state index contributed by atoms with van der Waals surface area (Å²) in [5.41, 5.74) is 8.52. The lowest BCUT2D eigenvalue weighted by molar-refractivity contribution is 0.787. The lowest BCUT2D eigenvalue weighted by atomic mass is 10.1. The molecule has 1 aromatic heterocycles. The maximum Gasteiger partial charge on any atom is 0.0994 e. The molecule has 1 heterocycles. The number of nitrogens with two attached hydrogens (primary N) is 1. The number of benzene rings is 1. The third-order valence-corrected chi connectivity index (χ3v) is 2.86. The summed E-state index contributed by atoms with van der Waals surface area (Å²) in [5.74, 6) is 0.416. The Balaban J connectivity index is 2.50. The number of imidazole rings is 1. The van der Waals surface area contributed by atoms with Crippen molar-refractivity contribution in [1.82, 2.24) is 9.55 Å². The van der Waals surface area contributed by atoms with Gasteiger partial charge in [-0.1, -0.05) is 25.4 Å². The zero-order valence-corrected chi connectivity index (χ0v) is 10.1. The molecule has 3 nitrogen and oxygen atoms in total. The topological polar surface area (TPSA) is 43.8 Å². The highest BCUT2D eigenvalue weighted by atomic mass is 35.5. The van der Waals surface area contributed by atoms with E-state index in [1.165, 1.54) is 0 Å². The zero-order chi connectivity index (χ0) is 11.7. The first-order valence-electron chi connectivity index (χ1n) is 5.17. The van der Waals surface area contributed by atoms with Crippen LogP contribution in [0.2, 0.25) is 5.02 Å². The normalized spacial score (nSPS) is 11.0. The van der Waals surface area contributed by atoms with Gasteiger partial charge in [0, 0.05) is 17.6 Å². The molecule has 0 fully saturated rings. The van der Waals surface area contributed by atoms with Crippen molar-refractivity contribution < 1.29 is 0 Å². The SMILES string of the molecule is CC(C)c1cncn1-c1ccc(Cl)c(N)c1. The first kappa shape index (κ1) is 11.0. The van der Waals surface area contributed by atoms with Gasteiger partial charge in [0.25, 0.3) is 0 Å². The van der Waals surface area contributed by atoms with Gasteiger partial charge in [-0.15, -0.1) is 0 Å². The fourth-order valence-corrected chi connectivity index (χ4v) is 1.75. The first-order chi connectivity index (χ1) is 7.59. The van der Waals surface area contributed by atoms with Crippen molar-refractivity contribution in [2.24, 2.45) is 0 Å². The van der Waals surface area contributed by atoms with E-state index in [4.69, 9.17) is 17.3 Å². The van der Waals surface area contributed by atoms with E-state index < -0.39 is 0 Å². The summed E-state index contributed by atoms with van der Waals surface area (Å²) in [6.07, 6.45) is 3.66. The Morgan fingerprint density at radius 1 is 1.38 bits per heavy atom. The molecule has 0 spiro atoms. The number of rotatable bonds is 2. The minimum absolute atomic E-state index is 0.416. The molecular weight excluding hydrogens is 222 g/mol. The second-order valence-corrected chi connectivity index (χ2v) is 4.46. The molecule has 0 saturated carbocycles. The van der Waals surface area contributed by atoms with Gasteiger partial charge in [0.1, 0.15) is 0 Å². The van der Waals surface area contributed by atoms with Crippen LogP contribution in [0.5, 0.6) is 0 Å². The average molecular weight is 236 g/mol. The predicted molar refractivity (Wildman–Crippen MR) is 67.1 cm³/mol. The number of anilines is 1. The largest absolute Gasteiger partial charge is 0.397 e. The van der Waals surface area contributed by atoms with Crippen molar-refractivity contribution in [2.45, 2.75) is 19.8 Å². The van der Waals surface area contributed by atoms with Gasteiger partial charge in [-0.2, -0.15) is 0 Å².